The molecule has 0 radical (unpaired) electrons. The first kappa shape index (κ1) is 19.0. The lowest BCUT2D eigenvalue weighted by atomic mass is 10.1. The standard InChI is InChI=1S/C15H22ClN3O4S/c1-18(2)15(20)12-7-10(16)8-13(14(12)23-3)24(21,22)19-6-4-5-11(17)9-19/h7-8,11H,4-6,9,17H2,1-3H3/t11-/m1/s1. The van der Waals surface area contributed by atoms with Crippen molar-refractivity contribution in [2.75, 3.05) is 34.3 Å². The van der Waals surface area contributed by atoms with Crippen molar-refractivity contribution in [1.82, 2.24) is 9.21 Å². The van der Waals surface area contributed by atoms with Crippen LogP contribution >= 0.6 is 11.6 Å². The summed E-state index contributed by atoms with van der Waals surface area (Å²) in [5, 5.41) is 0.154. The second-order valence-electron chi connectivity index (χ2n) is 5.95. The fourth-order valence-corrected chi connectivity index (χ4v) is 4.72. The van der Waals surface area contributed by atoms with Crippen molar-refractivity contribution < 1.29 is 17.9 Å². The van der Waals surface area contributed by atoms with Crippen LogP contribution in [0.4, 0.5) is 0 Å². The molecular weight excluding hydrogens is 354 g/mol. The molecule has 1 saturated heterocycles. The third-order valence-electron chi connectivity index (χ3n) is 3.90. The van der Waals surface area contributed by atoms with Crippen LogP contribution in [0.2, 0.25) is 5.02 Å². The third-order valence-corrected chi connectivity index (χ3v) is 5.99. The summed E-state index contributed by atoms with van der Waals surface area (Å²) in [5.74, 6) is -0.390. The minimum atomic E-state index is -3.87. The van der Waals surface area contributed by atoms with E-state index in [1.165, 1.54) is 28.4 Å². The fourth-order valence-electron chi connectivity index (χ4n) is 2.70. The van der Waals surface area contributed by atoms with E-state index < -0.39 is 10.0 Å². The third kappa shape index (κ3) is 3.66. The molecule has 1 atom stereocenters. The molecule has 1 aromatic rings. The Balaban J connectivity index is 2.58. The second-order valence-corrected chi connectivity index (χ2v) is 8.29. The van der Waals surface area contributed by atoms with Gasteiger partial charge in [0.1, 0.15) is 4.90 Å². The van der Waals surface area contributed by atoms with Gasteiger partial charge in [0.15, 0.2) is 5.75 Å². The molecule has 0 bridgehead atoms. The molecule has 1 heterocycles. The number of carbonyl (C=O) groups is 1. The van der Waals surface area contributed by atoms with Crippen LogP contribution in [-0.4, -0.2) is 63.9 Å². The number of nitrogens with zero attached hydrogens (tertiary/aromatic N) is 2. The minimum absolute atomic E-state index is 0.00255. The van der Waals surface area contributed by atoms with Gasteiger partial charge in [-0.25, -0.2) is 8.42 Å². The summed E-state index contributed by atoms with van der Waals surface area (Å²) in [6.45, 7) is 0.609. The molecule has 0 aromatic heterocycles. The number of hydrogen-bond acceptors (Lipinski definition) is 5. The maximum Gasteiger partial charge on any atom is 0.257 e. The van der Waals surface area contributed by atoms with Crippen molar-refractivity contribution in [3.8, 4) is 5.75 Å². The quantitative estimate of drug-likeness (QED) is 0.852. The van der Waals surface area contributed by atoms with E-state index in [0.29, 0.717) is 13.0 Å². The number of sulfonamides is 1. The number of methoxy groups -OCH3 is 1. The molecule has 9 heteroatoms. The summed E-state index contributed by atoms with van der Waals surface area (Å²) < 4.78 is 32.6. The molecule has 1 fully saturated rings. The number of ether oxygens (including phenoxy) is 1. The summed E-state index contributed by atoms with van der Waals surface area (Å²) >= 11 is 6.07. The Morgan fingerprint density at radius 2 is 2.08 bits per heavy atom. The molecule has 1 amide bonds. The average Bonchev–Trinajstić information content (AvgIpc) is 2.53. The second kappa shape index (κ2) is 7.26. The lowest BCUT2D eigenvalue weighted by Gasteiger charge is -2.30. The summed E-state index contributed by atoms with van der Waals surface area (Å²) in [5.41, 5.74) is 6.00. The van der Waals surface area contributed by atoms with E-state index in [9.17, 15) is 13.2 Å². The first-order valence-electron chi connectivity index (χ1n) is 7.53. The Kier molecular flexibility index (Phi) is 5.74. The topological polar surface area (TPSA) is 92.9 Å². The summed E-state index contributed by atoms with van der Waals surface area (Å²) in [6.07, 6.45) is 1.47. The predicted molar refractivity (Wildman–Crippen MR) is 92.0 cm³/mol. The molecule has 2 N–H and O–H groups in total. The van der Waals surface area contributed by atoms with E-state index in [1.54, 1.807) is 14.1 Å². The average molecular weight is 376 g/mol. The van der Waals surface area contributed by atoms with Gasteiger partial charge in [-0.2, -0.15) is 4.31 Å². The summed E-state index contributed by atoms with van der Waals surface area (Å²) in [6, 6.07) is 2.51. The number of hydrogen-bond donors (Lipinski definition) is 1. The molecule has 0 unspecified atom stereocenters. The molecule has 2 rings (SSSR count). The normalized spacial score (nSPS) is 19.1. The number of nitrogens with two attached hydrogens (primary N) is 1. The largest absolute Gasteiger partial charge is 0.494 e. The van der Waals surface area contributed by atoms with Crippen LogP contribution in [0.3, 0.4) is 0 Å². The van der Waals surface area contributed by atoms with Crippen LogP contribution in [-0.2, 0) is 10.0 Å². The van der Waals surface area contributed by atoms with E-state index in [2.05, 4.69) is 0 Å². The predicted octanol–water partition coefficient (Wildman–Crippen LogP) is 1.16. The Labute approximate surface area is 147 Å². The van der Waals surface area contributed by atoms with E-state index in [-0.39, 0.29) is 39.7 Å². The number of carbonyl (C=O) groups excluding carboxylic acids is 1. The Hall–Kier alpha value is -1.35. The van der Waals surface area contributed by atoms with Crippen LogP contribution in [0.15, 0.2) is 17.0 Å². The number of amides is 1. The smallest absolute Gasteiger partial charge is 0.257 e. The molecule has 134 valence electrons. The maximum atomic E-state index is 13.0. The Morgan fingerprint density at radius 3 is 2.62 bits per heavy atom. The van der Waals surface area contributed by atoms with Crippen molar-refractivity contribution in [2.45, 2.75) is 23.8 Å². The molecule has 0 saturated carbocycles. The highest BCUT2D eigenvalue weighted by atomic mass is 35.5. The first-order chi connectivity index (χ1) is 11.2. The monoisotopic (exact) mass is 375 g/mol. The molecule has 0 spiro atoms. The van der Waals surface area contributed by atoms with Gasteiger partial charge in [-0.3, -0.25) is 4.79 Å². The van der Waals surface area contributed by atoms with Gasteiger partial charge in [-0.05, 0) is 25.0 Å². The Bertz CT molecular complexity index is 736. The Morgan fingerprint density at radius 1 is 1.42 bits per heavy atom. The SMILES string of the molecule is COc1c(C(=O)N(C)C)cc(Cl)cc1S(=O)(=O)N1CCC[C@@H](N)C1. The van der Waals surface area contributed by atoms with Crippen molar-refractivity contribution in [3.05, 3.63) is 22.7 Å². The van der Waals surface area contributed by atoms with Crippen LogP contribution in [0, 0.1) is 0 Å². The van der Waals surface area contributed by atoms with E-state index in [0.717, 1.165) is 6.42 Å². The highest BCUT2D eigenvalue weighted by Gasteiger charge is 2.33. The fraction of sp³-hybridized carbons (Fsp3) is 0.533. The molecule has 1 aromatic carbocycles. The number of halogens is 1. The van der Waals surface area contributed by atoms with Gasteiger partial charge < -0.3 is 15.4 Å². The highest BCUT2D eigenvalue weighted by molar-refractivity contribution is 7.89. The molecule has 24 heavy (non-hydrogen) atoms. The van der Waals surface area contributed by atoms with Gasteiger partial charge >= 0.3 is 0 Å². The molecule has 0 aliphatic carbocycles. The zero-order valence-corrected chi connectivity index (χ0v) is 15.5. The van der Waals surface area contributed by atoms with Crippen molar-refractivity contribution in [1.29, 1.82) is 0 Å². The number of rotatable bonds is 4. The van der Waals surface area contributed by atoms with Gasteiger partial charge in [-0.1, -0.05) is 11.6 Å². The zero-order chi connectivity index (χ0) is 18.1. The molecule has 7 nitrogen and oxygen atoms in total. The van der Waals surface area contributed by atoms with Crippen LogP contribution in [0.5, 0.6) is 5.75 Å². The zero-order valence-electron chi connectivity index (χ0n) is 14.0. The summed E-state index contributed by atoms with van der Waals surface area (Å²) in [7, 11) is 0.601. The number of benzene rings is 1. The van der Waals surface area contributed by atoms with E-state index >= 15 is 0 Å². The number of piperidine rings is 1. The van der Waals surface area contributed by atoms with Crippen molar-refractivity contribution in [2.24, 2.45) is 5.73 Å². The van der Waals surface area contributed by atoms with Gasteiger partial charge in [0, 0.05) is 38.2 Å². The lowest BCUT2D eigenvalue weighted by Crippen LogP contribution is -2.45. The van der Waals surface area contributed by atoms with Gasteiger partial charge in [0.25, 0.3) is 5.91 Å². The van der Waals surface area contributed by atoms with E-state index in [4.69, 9.17) is 22.1 Å². The van der Waals surface area contributed by atoms with Gasteiger partial charge in [-0.15, -0.1) is 0 Å². The van der Waals surface area contributed by atoms with Gasteiger partial charge in [0.05, 0.1) is 12.7 Å². The van der Waals surface area contributed by atoms with Crippen LogP contribution in [0.25, 0.3) is 0 Å². The van der Waals surface area contributed by atoms with Crippen LogP contribution < -0.4 is 10.5 Å². The maximum absolute atomic E-state index is 13.0. The molecule has 1 aliphatic heterocycles. The lowest BCUT2D eigenvalue weighted by molar-refractivity contribution is 0.0823. The van der Waals surface area contributed by atoms with E-state index in [1.807, 2.05) is 0 Å². The minimum Gasteiger partial charge on any atom is -0.494 e. The molecule has 1 aliphatic rings. The van der Waals surface area contributed by atoms with Gasteiger partial charge in [0.2, 0.25) is 10.0 Å². The van der Waals surface area contributed by atoms with Crippen molar-refractivity contribution >= 4 is 27.5 Å². The van der Waals surface area contributed by atoms with Crippen molar-refractivity contribution in [3.63, 3.8) is 0 Å². The molecular formula is C15H22ClN3O4S. The summed E-state index contributed by atoms with van der Waals surface area (Å²) in [4.78, 5) is 13.6. The van der Waals surface area contributed by atoms with Crippen LogP contribution in [0.1, 0.15) is 23.2 Å². The highest BCUT2D eigenvalue weighted by Crippen LogP contribution is 2.35. The first-order valence-corrected chi connectivity index (χ1v) is 9.35.